The van der Waals surface area contributed by atoms with Gasteiger partial charge in [-0.15, -0.1) is 0 Å². The zero-order chi connectivity index (χ0) is 16.3. The van der Waals surface area contributed by atoms with E-state index in [1.54, 1.807) is 0 Å². The van der Waals surface area contributed by atoms with E-state index in [0.717, 1.165) is 12.1 Å². The van der Waals surface area contributed by atoms with Gasteiger partial charge in [0.1, 0.15) is 11.6 Å². The summed E-state index contributed by atoms with van der Waals surface area (Å²) in [4.78, 5) is 11.2. The van der Waals surface area contributed by atoms with Crippen LogP contribution in [-0.2, 0) is 10.0 Å². The van der Waals surface area contributed by atoms with Crippen LogP contribution in [0.2, 0.25) is 0 Å². The van der Waals surface area contributed by atoms with Gasteiger partial charge in [0.25, 0.3) is 15.9 Å². The Hall–Kier alpha value is -2.48. The van der Waals surface area contributed by atoms with Crippen LogP contribution in [0.1, 0.15) is 10.4 Å². The van der Waals surface area contributed by atoms with Gasteiger partial charge in [-0.25, -0.2) is 17.2 Å². The normalized spacial score (nSPS) is 11.0. The molecule has 0 aromatic heterocycles. The molecule has 0 aliphatic carbocycles. The van der Waals surface area contributed by atoms with Crippen molar-refractivity contribution in [3.8, 4) is 0 Å². The molecule has 2 aromatic rings. The van der Waals surface area contributed by atoms with E-state index >= 15 is 0 Å². The quantitative estimate of drug-likeness (QED) is 0.904. The Labute approximate surface area is 126 Å². The van der Waals surface area contributed by atoms with Crippen molar-refractivity contribution in [2.45, 2.75) is 4.90 Å². The second-order valence-corrected chi connectivity index (χ2v) is 6.02. The highest BCUT2D eigenvalue weighted by atomic mass is 32.2. The summed E-state index contributed by atoms with van der Waals surface area (Å²) in [7, 11) is -2.59. The molecular formula is C14H12F2N2O3S. The zero-order valence-electron chi connectivity index (χ0n) is 11.4. The maximum Gasteiger partial charge on any atom is 0.261 e. The van der Waals surface area contributed by atoms with E-state index < -0.39 is 21.7 Å². The van der Waals surface area contributed by atoms with E-state index in [-0.39, 0.29) is 22.1 Å². The number of hydrogen-bond acceptors (Lipinski definition) is 3. The Morgan fingerprint density at radius 3 is 2.23 bits per heavy atom. The Bertz CT molecular complexity index is 805. The Morgan fingerprint density at radius 2 is 1.68 bits per heavy atom. The first-order valence-electron chi connectivity index (χ1n) is 6.13. The monoisotopic (exact) mass is 326 g/mol. The first kappa shape index (κ1) is 15.9. The van der Waals surface area contributed by atoms with Gasteiger partial charge >= 0.3 is 0 Å². The largest absolute Gasteiger partial charge is 0.355 e. The fraction of sp³-hybridized carbons (Fsp3) is 0.0714. The number of sulfonamides is 1. The van der Waals surface area contributed by atoms with Crippen molar-refractivity contribution in [2.24, 2.45) is 0 Å². The molecule has 0 heterocycles. The molecule has 0 saturated carbocycles. The molecule has 8 heteroatoms. The summed E-state index contributed by atoms with van der Waals surface area (Å²) < 4.78 is 52.6. The van der Waals surface area contributed by atoms with Crippen molar-refractivity contribution < 1.29 is 22.0 Å². The maximum atomic E-state index is 13.5. The van der Waals surface area contributed by atoms with Crippen LogP contribution >= 0.6 is 0 Å². The van der Waals surface area contributed by atoms with E-state index in [1.807, 2.05) is 4.72 Å². The molecule has 2 N–H and O–H groups in total. The lowest BCUT2D eigenvalue weighted by Crippen LogP contribution is -2.18. The highest BCUT2D eigenvalue weighted by Crippen LogP contribution is 2.20. The number of carbonyl (C=O) groups excluding carboxylic acids is 1. The number of anilines is 1. The first-order chi connectivity index (χ1) is 10.3. The summed E-state index contributed by atoms with van der Waals surface area (Å²) in [5.74, 6) is -2.19. The van der Waals surface area contributed by atoms with Crippen LogP contribution in [0.4, 0.5) is 14.5 Å². The zero-order valence-corrected chi connectivity index (χ0v) is 12.2. The fourth-order valence-electron chi connectivity index (χ4n) is 1.71. The number of nitrogens with one attached hydrogen (secondary N) is 2. The molecular weight excluding hydrogens is 314 g/mol. The third-order valence-electron chi connectivity index (χ3n) is 2.83. The number of benzene rings is 2. The molecule has 0 saturated heterocycles. The van der Waals surface area contributed by atoms with Crippen molar-refractivity contribution in [3.05, 3.63) is 59.7 Å². The van der Waals surface area contributed by atoms with Gasteiger partial charge in [-0.3, -0.25) is 9.52 Å². The average Bonchev–Trinajstić information content (AvgIpc) is 2.49. The lowest BCUT2D eigenvalue weighted by molar-refractivity contribution is 0.0963. The van der Waals surface area contributed by atoms with Crippen LogP contribution < -0.4 is 10.0 Å². The van der Waals surface area contributed by atoms with Gasteiger partial charge < -0.3 is 5.32 Å². The van der Waals surface area contributed by atoms with Crippen molar-refractivity contribution in [1.82, 2.24) is 5.32 Å². The van der Waals surface area contributed by atoms with E-state index in [4.69, 9.17) is 0 Å². The summed E-state index contributed by atoms with van der Waals surface area (Å²) in [5.41, 5.74) is -0.0776. The Kier molecular flexibility index (Phi) is 4.41. The lowest BCUT2D eigenvalue weighted by Gasteiger charge is -2.09. The first-order valence-corrected chi connectivity index (χ1v) is 7.62. The average molecular weight is 326 g/mol. The lowest BCUT2D eigenvalue weighted by atomic mass is 10.2. The standard InChI is InChI=1S/C14H12F2N2O3S/c1-17-14(19)9-2-5-11(6-3-9)22(20,21)18-13-7-4-10(15)8-12(13)16/h2-8,18H,1H3,(H,17,19). The number of hydrogen-bond donors (Lipinski definition) is 2. The molecule has 0 unspecified atom stereocenters. The third kappa shape index (κ3) is 3.40. The van der Waals surface area contributed by atoms with Crippen molar-refractivity contribution in [3.63, 3.8) is 0 Å². The van der Waals surface area contributed by atoms with Gasteiger partial charge in [-0.05, 0) is 36.4 Å². The van der Waals surface area contributed by atoms with E-state index in [0.29, 0.717) is 6.07 Å². The summed E-state index contributed by atoms with van der Waals surface area (Å²) in [6.07, 6.45) is 0. The summed E-state index contributed by atoms with van der Waals surface area (Å²) in [5, 5.41) is 2.40. The van der Waals surface area contributed by atoms with Crippen LogP contribution in [0.5, 0.6) is 0 Å². The van der Waals surface area contributed by atoms with Crippen LogP contribution in [-0.4, -0.2) is 21.4 Å². The molecule has 0 fully saturated rings. The molecule has 0 aliphatic rings. The topological polar surface area (TPSA) is 75.3 Å². The Morgan fingerprint density at radius 1 is 1.05 bits per heavy atom. The smallest absolute Gasteiger partial charge is 0.261 e. The molecule has 0 atom stereocenters. The van der Waals surface area contributed by atoms with Gasteiger partial charge in [-0.1, -0.05) is 0 Å². The predicted octanol–water partition coefficient (Wildman–Crippen LogP) is 2.13. The van der Waals surface area contributed by atoms with Crippen molar-refractivity contribution in [2.75, 3.05) is 11.8 Å². The summed E-state index contributed by atoms with van der Waals surface area (Å²) in [6.45, 7) is 0. The molecule has 22 heavy (non-hydrogen) atoms. The van der Waals surface area contributed by atoms with Crippen LogP contribution in [0.15, 0.2) is 47.4 Å². The summed E-state index contributed by atoms with van der Waals surface area (Å²) in [6, 6.07) is 7.59. The minimum Gasteiger partial charge on any atom is -0.355 e. The van der Waals surface area contributed by atoms with Gasteiger partial charge in [-0.2, -0.15) is 0 Å². The summed E-state index contributed by atoms with van der Waals surface area (Å²) >= 11 is 0. The number of carbonyl (C=O) groups is 1. The van der Waals surface area contributed by atoms with Crippen molar-refractivity contribution in [1.29, 1.82) is 0 Å². The van der Waals surface area contributed by atoms with Gasteiger partial charge in [0.05, 0.1) is 10.6 Å². The van der Waals surface area contributed by atoms with Crippen LogP contribution in [0, 0.1) is 11.6 Å². The van der Waals surface area contributed by atoms with Crippen molar-refractivity contribution >= 4 is 21.6 Å². The molecule has 116 valence electrons. The minimum absolute atomic E-state index is 0.149. The van der Waals surface area contributed by atoms with E-state index in [1.165, 1.54) is 31.3 Å². The highest BCUT2D eigenvalue weighted by Gasteiger charge is 2.17. The second kappa shape index (κ2) is 6.10. The molecule has 0 spiro atoms. The molecule has 2 rings (SSSR count). The van der Waals surface area contributed by atoms with Crippen LogP contribution in [0.25, 0.3) is 0 Å². The molecule has 1 amide bonds. The third-order valence-corrected chi connectivity index (χ3v) is 4.21. The number of amides is 1. The molecule has 0 radical (unpaired) electrons. The van der Waals surface area contributed by atoms with E-state index in [9.17, 15) is 22.0 Å². The molecule has 0 aliphatic heterocycles. The Balaban J connectivity index is 2.28. The predicted molar refractivity (Wildman–Crippen MR) is 77.0 cm³/mol. The molecule has 5 nitrogen and oxygen atoms in total. The van der Waals surface area contributed by atoms with E-state index in [2.05, 4.69) is 5.32 Å². The highest BCUT2D eigenvalue weighted by molar-refractivity contribution is 7.92. The second-order valence-electron chi connectivity index (χ2n) is 4.33. The van der Waals surface area contributed by atoms with Gasteiger partial charge in [0.15, 0.2) is 0 Å². The van der Waals surface area contributed by atoms with Gasteiger partial charge in [0.2, 0.25) is 0 Å². The number of rotatable bonds is 4. The minimum atomic E-state index is -4.04. The SMILES string of the molecule is CNC(=O)c1ccc(S(=O)(=O)Nc2ccc(F)cc2F)cc1. The molecule has 0 bridgehead atoms. The maximum absolute atomic E-state index is 13.5. The van der Waals surface area contributed by atoms with Crippen LogP contribution in [0.3, 0.4) is 0 Å². The van der Waals surface area contributed by atoms with Gasteiger partial charge in [0, 0.05) is 18.7 Å². The molecule has 2 aromatic carbocycles. The fourth-order valence-corrected chi connectivity index (χ4v) is 2.77. The number of halogens is 2.